The number of benzene rings is 1. The molecule has 1 aromatic heterocycles. The van der Waals surface area contributed by atoms with Crippen molar-refractivity contribution in [3.8, 4) is 0 Å². The third kappa shape index (κ3) is 3.38. The second kappa shape index (κ2) is 5.59. The highest BCUT2D eigenvalue weighted by molar-refractivity contribution is 5.48. The summed E-state index contributed by atoms with van der Waals surface area (Å²) in [7, 11) is 0. The van der Waals surface area contributed by atoms with Gasteiger partial charge in [0.05, 0.1) is 0 Å². The summed E-state index contributed by atoms with van der Waals surface area (Å²) in [4.78, 5) is 11.6. The van der Waals surface area contributed by atoms with Gasteiger partial charge in [-0.1, -0.05) is 24.3 Å². The molecule has 4 nitrogen and oxygen atoms in total. The van der Waals surface area contributed by atoms with Crippen molar-refractivity contribution in [3.05, 3.63) is 47.2 Å². The molecule has 1 aromatic carbocycles. The van der Waals surface area contributed by atoms with E-state index >= 15 is 0 Å². The number of fused-ring (bicyclic) bond motifs is 1. The summed E-state index contributed by atoms with van der Waals surface area (Å²) in [6, 6.07) is 10.7. The largest absolute Gasteiger partial charge is 0.352 e. The van der Waals surface area contributed by atoms with E-state index in [9.17, 15) is 0 Å². The summed E-state index contributed by atoms with van der Waals surface area (Å²) in [5.41, 5.74) is 3.81. The topological polar surface area (TPSA) is 41.1 Å². The molecule has 0 fully saturated rings. The van der Waals surface area contributed by atoms with E-state index in [0.717, 1.165) is 31.0 Å². The second-order valence-corrected chi connectivity index (χ2v) is 7.01. The van der Waals surface area contributed by atoms with Crippen LogP contribution >= 0.6 is 0 Å². The van der Waals surface area contributed by atoms with Crippen LogP contribution in [0.1, 0.15) is 37.6 Å². The molecule has 0 atom stereocenters. The lowest BCUT2D eigenvalue weighted by atomic mass is 10.00. The van der Waals surface area contributed by atoms with Crippen LogP contribution in [0, 0.1) is 6.92 Å². The minimum Gasteiger partial charge on any atom is -0.352 e. The molecule has 0 saturated heterocycles. The molecule has 116 valence electrons. The SMILES string of the molecule is Cc1cc(N2CCc3ccccc3C2)nc(NC(C)(C)C)n1. The standard InChI is InChI=1S/C18H24N4/c1-13-11-16(20-17(19-13)21-18(2,3)4)22-10-9-14-7-5-6-8-15(14)12-22/h5-8,11H,9-10,12H2,1-4H3,(H,19,20,21). The van der Waals surface area contributed by atoms with Gasteiger partial charge in [-0.3, -0.25) is 0 Å². The van der Waals surface area contributed by atoms with Gasteiger partial charge in [0.15, 0.2) is 0 Å². The van der Waals surface area contributed by atoms with E-state index in [-0.39, 0.29) is 5.54 Å². The first-order valence-corrected chi connectivity index (χ1v) is 7.86. The van der Waals surface area contributed by atoms with Gasteiger partial charge in [-0.15, -0.1) is 0 Å². The smallest absolute Gasteiger partial charge is 0.225 e. The average molecular weight is 296 g/mol. The maximum atomic E-state index is 4.72. The summed E-state index contributed by atoms with van der Waals surface area (Å²) in [6.45, 7) is 10.3. The van der Waals surface area contributed by atoms with Gasteiger partial charge in [-0.2, -0.15) is 4.98 Å². The number of aryl methyl sites for hydroxylation is 1. The van der Waals surface area contributed by atoms with Crippen LogP contribution in [0.5, 0.6) is 0 Å². The molecule has 2 heterocycles. The summed E-state index contributed by atoms with van der Waals surface area (Å²) < 4.78 is 0. The Morgan fingerprint density at radius 3 is 2.55 bits per heavy atom. The number of hydrogen-bond donors (Lipinski definition) is 1. The third-order valence-corrected chi connectivity index (χ3v) is 3.78. The van der Waals surface area contributed by atoms with Gasteiger partial charge in [0.1, 0.15) is 5.82 Å². The van der Waals surface area contributed by atoms with Gasteiger partial charge in [0.2, 0.25) is 5.95 Å². The normalized spacial score (nSPS) is 14.6. The lowest BCUT2D eigenvalue weighted by Gasteiger charge is -2.30. The van der Waals surface area contributed by atoms with Gasteiger partial charge in [0, 0.05) is 30.4 Å². The Bertz CT molecular complexity index is 673. The maximum Gasteiger partial charge on any atom is 0.225 e. The maximum absolute atomic E-state index is 4.72. The van der Waals surface area contributed by atoms with Crippen molar-refractivity contribution in [2.75, 3.05) is 16.8 Å². The Morgan fingerprint density at radius 1 is 1.09 bits per heavy atom. The van der Waals surface area contributed by atoms with E-state index in [1.54, 1.807) is 0 Å². The van der Waals surface area contributed by atoms with Crippen LogP contribution < -0.4 is 10.2 Å². The molecule has 1 N–H and O–H groups in total. The lowest BCUT2D eigenvalue weighted by Crippen LogP contribution is -2.32. The molecule has 0 bridgehead atoms. The summed E-state index contributed by atoms with van der Waals surface area (Å²) in [5, 5.41) is 3.37. The number of anilines is 2. The molecule has 22 heavy (non-hydrogen) atoms. The van der Waals surface area contributed by atoms with Gasteiger partial charge in [-0.25, -0.2) is 4.98 Å². The summed E-state index contributed by atoms with van der Waals surface area (Å²) in [6.07, 6.45) is 1.07. The second-order valence-electron chi connectivity index (χ2n) is 7.01. The average Bonchev–Trinajstić information content (AvgIpc) is 2.44. The Hall–Kier alpha value is -2.10. The van der Waals surface area contributed by atoms with Gasteiger partial charge in [-0.05, 0) is 45.2 Å². The van der Waals surface area contributed by atoms with E-state index in [0.29, 0.717) is 5.95 Å². The molecular formula is C18H24N4. The minimum atomic E-state index is -0.0421. The fraction of sp³-hybridized carbons (Fsp3) is 0.444. The van der Waals surface area contributed by atoms with Crippen LogP contribution in [0.15, 0.2) is 30.3 Å². The molecule has 3 rings (SSSR count). The predicted molar refractivity (Wildman–Crippen MR) is 91.3 cm³/mol. The third-order valence-electron chi connectivity index (χ3n) is 3.78. The van der Waals surface area contributed by atoms with Gasteiger partial charge in [0.25, 0.3) is 0 Å². The molecule has 0 radical (unpaired) electrons. The first-order chi connectivity index (χ1) is 10.4. The van der Waals surface area contributed by atoms with Crippen LogP contribution in [-0.4, -0.2) is 22.1 Å². The van der Waals surface area contributed by atoms with E-state index in [1.165, 1.54) is 11.1 Å². The first-order valence-electron chi connectivity index (χ1n) is 7.86. The van der Waals surface area contributed by atoms with Crippen molar-refractivity contribution in [2.24, 2.45) is 0 Å². The van der Waals surface area contributed by atoms with Crippen LogP contribution in [0.4, 0.5) is 11.8 Å². The van der Waals surface area contributed by atoms with E-state index in [1.807, 2.05) is 6.92 Å². The van der Waals surface area contributed by atoms with Crippen molar-refractivity contribution < 1.29 is 0 Å². The Kier molecular flexibility index (Phi) is 3.77. The molecule has 0 aliphatic carbocycles. The van der Waals surface area contributed by atoms with Crippen LogP contribution in [-0.2, 0) is 13.0 Å². The zero-order valence-corrected chi connectivity index (χ0v) is 13.8. The number of nitrogens with zero attached hydrogens (tertiary/aromatic N) is 3. The van der Waals surface area contributed by atoms with Crippen LogP contribution in [0.2, 0.25) is 0 Å². The summed E-state index contributed by atoms with van der Waals surface area (Å²) in [5.74, 6) is 1.72. The Balaban J connectivity index is 1.86. The van der Waals surface area contributed by atoms with Crippen LogP contribution in [0.3, 0.4) is 0 Å². The fourth-order valence-corrected chi connectivity index (χ4v) is 2.80. The number of hydrogen-bond acceptors (Lipinski definition) is 4. The highest BCUT2D eigenvalue weighted by Gasteiger charge is 2.19. The highest BCUT2D eigenvalue weighted by Crippen LogP contribution is 2.24. The molecule has 0 unspecified atom stereocenters. The van der Waals surface area contributed by atoms with Crippen molar-refractivity contribution in [2.45, 2.75) is 46.2 Å². The van der Waals surface area contributed by atoms with Crippen molar-refractivity contribution in [1.29, 1.82) is 0 Å². The van der Waals surface area contributed by atoms with Crippen molar-refractivity contribution in [3.63, 3.8) is 0 Å². The van der Waals surface area contributed by atoms with E-state index in [2.05, 4.69) is 66.3 Å². The molecule has 4 heteroatoms. The minimum absolute atomic E-state index is 0.0421. The monoisotopic (exact) mass is 296 g/mol. The van der Waals surface area contributed by atoms with Crippen molar-refractivity contribution >= 4 is 11.8 Å². The molecule has 1 aliphatic heterocycles. The molecule has 0 amide bonds. The predicted octanol–water partition coefficient (Wildman–Crippen LogP) is 3.56. The van der Waals surface area contributed by atoms with Gasteiger partial charge >= 0.3 is 0 Å². The number of aromatic nitrogens is 2. The number of nitrogens with one attached hydrogen (secondary N) is 1. The Morgan fingerprint density at radius 2 is 1.82 bits per heavy atom. The zero-order valence-electron chi connectivity index (χ0n) is 13.8. The fourth-order valence-electron chi connectivity index (χ4n) is 2.80. The lowest BCUT2D eigenvalue weighted by molar-refractivity contribution is 0.624. The summed E-state index contributed by atoms with van der Waals surface area (Å²) >= 11 is 0. The Labute approximate surface area is 132 Å². The number of rotatable bonds is 2. The van der Waals surface area contributed by atoms with E-state index < -0.39 is 0 Å². The molecule has 1 aliphatic rings. The van der Waals surface area contributed by atoms with E-state index in [4.69, 9.17) is 4.98 Å². The first kappa shape index (κ1) is 14.8. The van der Waals surface area contributed by atoms with Crippen LogP contribution in [0.25, 0.3) is 0 Å². The van der Waals surface area contributed by atoms with Gasteiger partial charge < -0.3 is 10.2 Å². The molecule has 0 saturated carbocycles. The molecule has 2 aromatic rings. The zero-order chi connectivity index (χ0) is 15.7. The molecular weight excluding hydrogens is 272 g/mol. The van der Waals surface area contributed by atoms with Crippen molar-refractivity contribution in [1.82, 2.24) is 9.97 Å². The highest BCUT2D eigenvalue weighted by atomic mass is 15.2. The quantitative estimate of drug-likeness (QED) is 0.920. The molecule has 0 spiro atoms.